The van der Waals surface area contributed by atoms with Gasteiger partial charge < -0.3 is 4.42 Å². The predicted molar refractivity (Wildman–Crippen MR) is 130 cm³/mol. The Bertz CT molecular complexity index is 1440. The van der Waals surface area contributed by atoms with Gasteiger partial charge >= 0.3 is 0 Å². The molecule has 4 saturated carbocycles. The molecule has 0 amide bonds. The first kappa shape index (κ1) is 19.4. The van der Waals surface area contributed by atoms with E-state index in [2.05, 4.69) is 61.1 Å². The zero-order chi connectivity index (χ0) is 22.3. The maximum atomic E-state index is 10.1. The molecule has 2 aromatic carbocycles. The lowest BCUT2D eigenvalue weighted by Gasteiger charge is -2.54. The molecule has 164 valence electrons. The van der Waals surface area contributed by atoms with E-state index in [9.17, 15) is 5.26 Å². The lowest BCUT2D eigenvalue weighted by Crippen LogP contribution is -2.44. The van der Waals surface area contributed by atoms with Crippen molar-refractivity contribution in [2.24, 2.45) is 30.7 Å². The van der Waals surface area contributed by atoms with Crippen molar-refractivity contribution in [1.29, 1.82) is 5.26 Å². The summed E-state index contributed by atoms with van der Waals surface area (Å²) < 4.78 is 8.66. The van der Waals surface area contributed by atoms with Gasteiger partial charge in [0.05, 0.1) is 17.2 Å². The van der Waals surface area contributed by atoms with Crippen LogP contribution in [0.3, 0.4) is 0 Å². The fourth-order valence-corrected chi connectivity index (χ4v) is 7.91. The molecular weight excluding hydrogens is 404 g/mol. The molecule has 2 aromatic heterocycles. The van der Waals surface area contributed by atoms with Crippen LogP contribution in [0.2, 0.25) is 0 Å². The zero-order valence-corrected chi connectivity index (χ0v) is 19.3. The lowest BCUT2D eigenvalue weighted by molar-refractivity contribution is -0.660. The van der Waals surface area contributed by atoms with Gasteiger partial charge in [0.25, 0.3) is 0 Å². The Labute approximate surface area is 194 Å². The van der Waals surface area contributed by atoms with Crippen LogP contribution in [-0.2, 0) is 7.05 Å². The van der Waals surface area contributed by atoms with Crippen LogP contribution in [-0.4, -0.2) is 0 Å². The van der Waals surface area contributed by atoms with Crippen LogP contribution in [0.1, 0.15) is 54.7 Å². The second kappa shape index (κ2) is 6.94. The number of hydrogen-bond acceptors (Lipinski definition) is 2. The summed E-state index contributed by atoms with van der Waals surface area (Å²) in [5.41, 5.74) is 7.35. The second-order valence-electron chi connectivity index (χ2n) is 10.9. The standard InChI is InChI=1S/C30H29N2O/c1-17-6-7-23-25-15-24(29-20-10-18-9-19(12-20)13-21(29)11-18)22(16-31)14-27(25)33-30(23)28(17)26-5-3-4-8-32(26)2/h3-8,14-15,18-21,29H,9-13H2,1-2H3/q+1. The molecule has 3 nitrogen and oxygen atoms in total. The summed E-state index contributed by atoms with van der Waals surface area (Å²) in [5, 5.41) is 12.4. The average molecular weight is 434 g/mol. The third kappa shape index (κ3) is 2.76. The van der Waals surface area contributed by atoms with Crippen LogP contribution in [0.5, 0.6) is 0 Å². The molecule has 0 spiro atoms. The van der Waals surface area contributed by atoms with Gasteiger partial charge in [-0.15, -0.1) is 0 Å². The van der Waals surface area contributed by atoms with Gasteiger partial charge in [-0.3, -0.25) is 0 Å². The van der Waals surface area contributed by atoms with Crippen LogP contribution in [0, 0.1) is 41.9 Å². The summed E-state index contributed by atoms with van der Waals surface area (Å²) in [6.07, 6.45) is 8.98. The van der Waals surface area contributed by atoms with Crippen molar-refractivity contribution in [3.8, 4) is 17.3 Å². The molecule has 0 N–H and O–H groups in total. The highest BCUT2D eigenvalue weighted by Crippen LogP contribution is 2.60. The fraction of sp³-hybridized carbons (Fsp3) is 0.400. The number of pyridine rings is 1. The first-order chi connectivity index (χ1) is 16.1. The molecule has 3 heteroatoms. The molecule has 2 heterocycles. The molecule has 0 unspecified atom stereocenters. The first-order valence-corrected chi connectivity index (χ1v) is 12.5. The maximum absolute atomic E-state index is 10.1. The van der Waals surface area contributed by atoms with Gasteiger partial charge in [0, 0.05) is 22.9 Å². The van der Waals surface area contributed by atoms with Gasteiger partial charge in [-0.2, -0.15) is 5.26 Å². The largest absolute Gasteiger partial charge is 0.455 e. The van der Waals surface area contributed by atoms with Gasteiger partial charge in [-0.25, -0.2) is 4.57 Å². The number of furan rings is 1. The third-order valence-electron chi connectivity index (χ3n) is 9.04. The van der Waals surface area contributed by atoms with E-state index in [0.717, 1.165) is 62.4 Å². The Morgan fingerprint density at radius 1 is 0.939 bits per heavy atom. The average Bonchev–Trinajstić information content (AvgIpc) is 3.16. The Morgan fingerprint density at radius 2 is 1.70 bits per heavy atom. The Kier molecular flexibility index (Phi) is 4.07. The molecule has 0 saturated heterocycles. The molecule has 0 radical (unpaired) electrons. The summed E-state index contributed by atoms with van der Waals surface area (Å²) in [4.78, 5) is 0. The van der Waals surface area contributed by atoms with Gasteiger partial charge in [0.15, 0.2) is 6.20 Å². The summed E-state index contributed by atoms with van der Waals surface area (Å²) in [7, 11) is 2.08. The van der Waals surface area contributed by atoms with E-state index in [1.165, 1.54) is 43.2 Å². The summed E-state index contributed by atoms with van der Waals surface area (Å²) in [6.45, 7) is 2.15. The second-order valence-corrected chi connectivity index (χ2v) is 10.9. The Morgan fingerprint density at radius 3 is 2.39 bits per heavy atom. The number of benzene rings is 2. The van der Waals surface area contributed by atoms with Crippen LogP contribution >= 0.6 is 0 Å². The number of rotatable bonds is 2. The van der Waals surface area contributed by atoms with Crippen molar-refractivity contribution < 1.29 is 8.98 Å². The molecular formula is C30H29N2O+. The SMILES string of the molecule is Cc1ccc2c(oc3cc(C#N)c(C4C5CC6CC(C5)CC4C6)cc32)c1-c1cccc[n+]1C. The Balaban J connectivity index is 1.45. The molecule has 0 atom stereocenters. The summed E-state index contributed by atoms with van der Waals surface area (Å²) in [5.74, 6) is 3.92. The van der Waals surface area contributed by atoms with Gasteiger partial charge in [0.2, 0.25) is 5.69 Å². The number of nitrogens with zero attached hydrogens (tertiary/aromatic N) is 2. The van der Waals surface area contributed by atoms with Gasteiger partial charge in [-0.1, -0.05) is 12.1 Å². The fourth-order valence-electron chi connectivity index (χ4n) is 7.91. The molecule has 4 bridgehead atoms. The number of aromatic nitrogens is 1. The highest BCUT2D eigenvalue weighted by atomic mass is 16.3. The van der Waals surface area contributed by atoms with Crippen molar-refractivity contribution in [1.82, 2.24) is 0 Å². The molecule has 4 aliphatic carbocycles. The van der Waals surface area contributed by atoms with Gasteiger partial charge in [-0.05, 0) is 97.9 Å². The van der Waals surface area contributed by atoms with E-state index < -0.39 is 0 Å². The van der Waals surface area contributed by atoms with Crippen LogP contribution in [0.4, 0.5) is 0 Å². The first-order valence-electron chi connectivity index (χ1n) is 12.5. The number of aryl methyl sites for hydroxylation is 2. The molecule has 4 aromatic rings. The molecule has 4 aliphatic rings. The quantitative estimate of drug-likeness (QED) is 0.326. The van der Waals surface area contributed by atoms with E-state index in [1.54, 1.807) is 0 Å². The topological polar surface area (TPSA) is 40.8 Å². The minimum atomic E-state index is 0.540. The van der Waals surface area contributed by atoms with Crippen molar-refractivity contribution in [3.63, 3.8) is 0 Å². The third-order valence-corrected chi connectivity index (χ3v) is 9.04. The highest BCUT2D eigenvalue weighted by Gasteiger charge is 2.49. The number of nitriles is 1. The van der Waals surface area contributed by atoms with Crippen molar-refractivity contribution in [2.75, 3.05) is 0 Å². The Hall–Kier alpha value is -3.12. The highest BCUT2D eigenvalue weighted by molar-refractivity contribution is 6.10. The van der Waals surface area contributed by atoms with E-state index >= 15 is 0 Å². The van der Waals surface area contributed by atoms with Crippen molar-refractivity contribution in [3.05, 3.63) is 65.4 Å². The predicted octanol–water partition coefficient (Wildman–Crippen LogP) is 6.80. The summed E-state index contributed by atoms with van der Waals surface area (Å²) in [6, 6.07) is 17.6. The van der Waals surface area contributed by atoms with Gasteiger partial charge in [0.1, 0.15) is 18.2 Å². The van der Waals surface area contributed by atoms with Crippen molar-refractivity contribution in [2.45, 2.75) is 44.9 Å². The normalized spacial score (nSPS) is 28.0. The number of hydrogen-bond donors (Lipinski definition) is 0. The maximum Gasteiger partial charge on any atom is 0.216 e. The van der Waals surface area contributed by atoms with Crippen molar-refractivity contribution >= 4 is 21.9 Å². The zero-order valence-electron chi connectivity index (χ0n) is 19.3. The molecule has 8 rings (SSSR count). The smallest absolute Gasteiger partial charge is 0.216 e. The summed E-state index contributed by atoms with van der Waals surface area (Å²) >= 11 is 0. The monoisotopic (exact) mass is 433 g/mol. The molecule has 4 fully saturated rings. The molecule has 33 heavy (non-hydrogen) atoms. The van der Waals surface area contributed by atoms with E-state index in [0.29, 0.717) is 5.92 Å². The van der Waals surface area contributed by atoms with Crippen LogP contribution in [0.25, 0.3) is 33.2 Å². The van der Waals surface area contributed by atoms with E-state index in [4.69, 9.17) is 4.42 Å². The minimum Gasteiger partial charge on any atom is -0.455 e. The van der Waals surface area contributed by atoms with E-state index in [-0.39, 0.29) is 0 Å². The van der Waals surface area contributed by atoms with Crippen LogP contribution < -0.4 is 4.57 Å². The number of fused-ring (bicyclic) bond motifs is 3. The van der Waals surface area contributed by atoms with Crippen LogP contribution in [0.15, 0.2) is 53.1 Å². The lowest BCUT2D eigenvalue weighted by atomic mass is 9.50. The minimum absolute atomic E-state index is 0.540. The van der Waals surface area contributed by atoms with E-state index in [1.807, 2.05) is 12.1 Å². The molecule has 0 aliphatic heterocycles.